The quantitative estimate of drug-likeness (QED) is 0.787. The highest BCUT2D eigenvalue weighted by Crippen LogP contribution is 2.31. The van der Waals surface area contributed by atoms with Gasteiger partial charge in [0.15, 0.2) is 0 Å². The van der Waals surface area contributed by atoms with Gasteiger partial charge in [-0.15, -0.1) is 0 Å². The third-order valence-electron chi connectivity index (χ3n) is 4.92. The summed E-state index contributed by atoms with van der Waals surface area (Å²) < 4.78 is 32.7. The summed E-state index contributed by atoms with van der Waals surface area (Å²) in [5, 5.41) is 3.13. The number of urea groups is 1. The summed E-state index contributed by atoms with van der Waals surface area (Å²) in [4.78, 5) is 14.0. The van der Waals surface area contributed by atoms with Gasteiger partial charge >= 0.3 is 6.03 Å². The Labute approximate surface area is 169 Å². The van der Waals surface area contributed by atoms with E-state index in [1.54, 1.807) is 11.0 Å². The molecular weight excluding hydrogens is 413 g/mol. The minimum atomic E-state index is -3.82. The second-order valence-corrected chi connectivity index (χ2v) is 9.42. The van der Waals surface area contributed by atoms with Crippen LogP contribution in [0, 0.1) is 0 Å². The molecule has 2 aliphatic rings. The number of amides is 2. The largest absolute Gasteiger partial charge is 0.376 e. The first kappa shape index (κ1) is 20.7. The molecule has 150 valence electrons. The Morgan fingerprint density at radius 3 is 2.41 bits per heavy atom. The molecule has 2 heterocycles. The van der Waals surface area contributed by atoms with Crippen molar-refractivity contribution in [1.29, 1.82) is 0 Å². The van der Waals surface area contributed by atoms with Crippen molar-refractivity contribution in [3.05, 3.63) is 28.2 Å². The summed E-state index contributed by atoms with van der Waals surface area (Å²) >= 11 is 12.1. The SMILES string of the molecule is C[C@@H](NC(=O)N1CCN(S(=O)(=O)c2c(Cl)cccc2Cl)CC1)[C@H]1CCCO1. The Hall–Kier alpha value is -1.06. The number of benzene rings is 1. The standard InChI is InChI=1S/C17H23Cl2N3O4S/c1-12(15-6-3-11-26-15)20-17(23)21-7-9-22(10-8-21)27(24,25)16-13(18)4-2-5-14(16)19/h2,4-5,12,15H,3,6-11H2,1H3,(H,20,23)/t12-,15-/m1/s1. The van der Waals surface area contributed by atoms with E-state index >= 15 is 0 Å². The van der Waals surface area contributed by atoms with E-state index in [0.717, 1.165) is 19.4 Å². The topological polar surface area (TPSA) is 79.0 Å². The predicted octanol–water partition coefficient (Wildman–Crippen LogP) is 2.58. The molecule has 0 aliphatic carbocycles. The number of ether oxygens (including phenoxy) is 1. The van der Waals surface area contributed by atoms with E-state index in [0.29, 0.717) is 13.1 Å². The molecule has 1 aromatic rings. The van der Waals surface area contributed by atoms with Gasteiger partial charge in [-0.2, -0.15) is 4.31 Å². The second-order valence-electron chi connectivity index (χ2n) is 6.73. The average Bonchev–Trinajstić information content (AvgIpc) is 3.16. The normalized spacial score (nSPS) is 22.6. The number of nitrogens with one attached hydrogen (secondary N) is 1. The Morgan fingerprint density at radius 1 is 1.22 bits per heavy atom. The molecule has 2 aliphatic heterocycles. The summed E-state index contributed by atoms with van der Waals surface area (Å²) in [5.41, 5.74) is 0. The van der Waals surface area contributed by atoms with Crippen LogP contribution in [0.5, 0.6) is 0 Å². The van der Waals surface area contributed by atoms with Crippen LogP contribution in [0.3, 0.4) is 0 Å². The molecule has 1 aromatic carbocycles. The molecule has 3 rings (SSSR count). The molecule has 2 amide bonds. The first-order chi connectivity index (χ1) is 12.8. The monoisotopic (exact) mass is 435 g/mol. The Morgan fingerprint density at radius 2 is 1.85 bits per heavy atom. The minimum Gasteiger partial charge on any atom is -0.376 e. The molecule has 1 N–H and O–H groups in total. The van der Waals surface area contributed by atoms with Crippen molar-refractivity contribution in [2.75, 3.05) is 32.8 Å². The fourth-order valence-corrected chi connectivity index (χ4v) is 5.88. The zero-order valence-corrected chi connectivity index (χ0v) is 17.4. The van der Waals surface area contributed by atoms with Crippen molar-refractivity contribution in [1.82, 2.24) is 14.5 Å². The van der Waals surface area contributed by atoms with E-state index in [9.17, 15) is 13.2 Å². The Balaban J connectivity index is 1.60. The number of nitrogens with zero attached hydrogens (tertiary/aromatic N) is 2. The Kier molecular flexibility index (Phi) is 6.53. The number of rotatable bonds is 4. The first-order valence-electron chi connectivity index (χ1n) is 8.92. The molecule has 2 fully saturated rings. The van der Waals surface area contributed by atoms with Gasteiger partial charge in [0.05, 0.1) is 22.2 Å². The molecule has 7 nitrogen and oxygen atoms in total. The minimum absolute atomic E-state index is 0.0398. The van der Waals surface area contributed by atoms with E-state index in [1.165, 1.54) is 16.4 Å². The van der Waals surface area contributed by atoms with Gasteiger partial charge in [-0.05, 0) is 31.9 Å². The van der Waals surface area contributed by atoms with Crippen LogP contribution < -0.4 is 5.32 Å². The van der Waals surface area contributed by atoms with Crippen LogP contribution in [0.4, 0.5) is 4.79 Å². The predicted molar refractivity (Wildman–Crippen MR) is 104 cm³/mol. The molecule has 0 aromatic heterocycles. The van der Waals surface area contributed by atoms with Crippen LogP contribution in [-0.4, -0.2) is 68.6 Å². The first-order valence-corrected chi connectivity index (χ1v) is 11.1. The smallest absolute Gasteiger partial charge is 0.317 e. The summed E-state index contributed by atoms with van der Waals surface area (Å²) in [6, 6.07) is 4.31. The van der Waals surface area contributed by atoms with Gasteiger partial charge < -0.3 is 15.0 Å². The highest BCUT2D eigenvalue weighted by molar-refractivity contribution is 7.89. The third-order valence-corrected chi connectivity index (χ3v) is 7.77. The van der Waals surface area contributed by atoms with Gasteiger partial charge in [0, 0.05) is 32.8 Å². The number of hydrogen-bond donors (Lipinski definition) is 1. The zero-order valence-electron chi connectivity index (χ0n) is 15.0. The number of carbonyl (C=O) groups is 1. The molecule has 2 atom stereocenters. The van der Waals surface area contributed by atoms with Crippen LogP contribution in [0.2, 0.25) is 10.0 Å². The zero-order chi connectivity index (χ0) is 19.6. The van der Waals surface area contributed by atoms with Gasteiger partial charge in [0.1, 0.15) is 4.90 Å². The molecule has 0 spiro atoms. The van der Waals surface area contributed by atoms with Gasteiger partial charge in [-0.1, -0.05) is 29.3 Å². The Bertz CT molecular complexity index is 771. The van der Waals surface area contributed by atoms with Crippen molar-refractivity contribution in [2.45, 2.75) is 36.8 Å². The van der Waals surface area contributed by atoms with E-state index < -0.39 is 10.0 Å². The van der Waals surface area contributed by atoms with Crippen LogP contribution in [0.1, 0.15) is 19.8 Å². The van der Waals surface area contributed by atoms with E-state index in [1.807, 2.05) is 6.92 Å². The van der Waals surface area contributed by atoms with Crippen molar-refractivity contribution in [3.63, 3.8) is 0 Å². The van der Waals surface area contributed by atoms with E-state index in [4.69, 9.17) is 27.9 Å². The highest BCUT2D eigenvalue weighted by atomic mass is 35.5. The molecule has 0 radical (unpaired) electrons. The molecule has 0 bridgehead atoms. The van der Waals surface area contributed by atoms with Gasteiger partial charge in [-0.3, -0.25) is 0 Å². The van der Waals surface area contributed by atoms with Gasteiger partial charge in [-0.25, -0.2) is 13.2 Å². The lowest BCUT2D eigenvalue weighted by Gasteiger charge is -2.35. The number of carbonyl (C=O) groups excluding carboxylic acids is 1. The van der Waals surface area contributed by atoms with Crippen molar-refractivity contribution >= 4 is 39.3 Å². The summed E-state index contributed by atoms with van der Waals surface area (Å²) in [5.74, 6) is 0. The lowest BCUT2D eigenvalue weighted by molar-refractivity contribution is 0.0821. The maximum atomic E-state index is 12.9. The lowest BCUT2D eigenvalue weighted by atomic mass is 10.1. The maximum absolute atomic E-state index is 12.9. The van der Waals surface area contributed by atoms with Crippen LogP contribution in [0.25, 0.3) is 0 Å². The third kappa shape index (κ3) is 4.51. The fraction of sp³-hybridized carbons (Fsp3) is 0.588. The maximum Gasteiger partial charge on any atom is 0.317 e. The van der Waals surface area contributed by atoms with Gasteiger partial charge in [0.2, 0.25) is 10.0 Å². The number of halogens is 2. The molecule has 10 heteroatoms. The summed E-state index contributed by atoms with van der Waals surface area (Å²) in [7, 11) is -3.82. The fourth-order valence-electron chi connectivity index (χ4n) is 3.37. The average molecular weight is 436 g/mol. The van der Waals surface area contributed by atoms with Crippen LogP contribution in [0.15, 0.2) is 23.1 Å². The second kappa shape index (κ2) is 8.53. The van der Waals surface area contributed by atoms with Crippen LogP contribution >= 0.6 is 23.2 Å². The van der Waals surface area contributed by atoms with Crippen molar-refractivity contribution in [2.24, 2.45) is 0 Å². The van der Waals surface area contributed by atoms with E-state index in [2.05, 4.69) is 5.32 Å². The van der Waals surface area contributed by atoms with Crippen LogP contribution in [-0.2, 0) is 14.8 Å². The molecular formula is C17H23Cl2N3O4S. The van der Waals surface area contributed by atoms with Crippen molar-refractivity contribution in [3.8, 4) is 0 Å². The lowest BCUT2D eigenvalue weighted by Crippen LogP contribution is -2.55. The highest BCUT2D eigenvalue weighted by Gasteiger charge is 2.33. The van der Waals surface area contributed by atoms with Gasteiger partial charge in [0.25, 0.3) is 0 Å². The summed E-state index contributed by atoms with van der Waals surface area (Å²) in [6.07, 6.45) is 1.98. The van der Waals surface area contributed by atoms with E-state index in [-0.39, 0.29) is 46.2 Å². The van der Waals surface area contributed by atoms with Crippen molar-refractivity contribution < 1.29 is 17.9 Å². The number of sulfonamides is 1. The molecule has 0 saturated carbocycles. The molecule has 0 unspecified atom stereocenters. The molecule has 2 saturated heterocycles. The molecule has 27 heavy (non-hydrogen) atoms. The number of hydrogen-bond acceptors (Lipinski definition) is 4. The summed E-state index contributed by atoms with van der Waals surface area (Å²) in [6.45, 7) is 3.62. The number of piperazine rings is 1.